The van der Waals surface area contributed by atoms with E-state index in [-0.39, 0.29) is 23.9 Å². The van der Waals surface area contributed by atoms with Gasteiger partial charge >= 0.3 is 0 Å². The average molecular weight is 388 g/mol. The number of carbonyl (C=O) groups is 1. The molecule has 0 unspecified atom stereocenters. The Morgan fingerprint density at radius 1 is 1.10 bits per heavy atom. The molecule has 0 saturated carbocycles. The van der Waals surface area contributed by atoms with Crippen molar-refractivity contribution in [3.05, 3.63) is 66.4 Å². The van der Waals surface area contributed by atoms with Crippen LogP contribution >= 0.6 is 0 Å². The van der Waals surface area contributed by atoms with Gasteiger partial charge in [0.05, 0.1) is 11.4 Å². The predicted octanol–water partition coefficient (Wildman–Crippen LogP) is 2.47. The van der Waals surface area contributed by atoms with Crippen molar-refractivity contribution in [3.63, 3.8) is 0 Å². The van der Waals surface area contributed by atoms with Gasteiger partial charge in [-0.3, -0.25) is 14.8 Å². The zero-order valence-corrected chi connectivity index (χ0v) is 16.2. The average Bonchev–Trinajstić information content (AvgIpc) is 2.75. The Bertz CT molecular complexity index is 1010. The van der Waals surface area contributed by atoms with Crippen molar-refractivity contribution in [2.24, 2.45) is 5.73 Å². The van der Waals surface area contributed by atoms with Crippen LogP contribution in [-0.4, -0.2) is 39.9 Å². The minimum atomic E-state index is -0.131. The molecule has 148 valence electrons. The van der Waals surface area contributed by atoms with E-state index in [4.69, 9.17) is 11.5 Å². The van der Waals surface area contributed by atoms with Gasteiger partial charge in [-0.1, -0.05) is 0 Å². The third-order valence-electron chi connectivity index (χ3n) is 5.19. The summed E-state index contributed by atoms with van der Waals surface area (Å²) < 4.78 is 0. The zero-order valence-electron chi connectivity index (χ0n) is 16.2. The number of aromatic nitrogens is 3. The van der Waals surface area contributed by atoms with Crippen molar-refractivity contribution < 1.29 is 4.79 Å². The molecule has 1 atom stereocenters. The third kappa shape index (κ3) is 4.25. The number of ketones is 1. The Morgan fingerprint density at radius 2 is 1.90 bits per heavy atom. The van der Waals surface area contributed by atoms with Crippen LogP contribution in [0.1, 0.15) is 28.9 Å². The summed E-state index contributed by atoms with van der Waals surface area (Å²) in [7, 11) is 0. The number of nitrogens with two attached hydrogens (primary N) is 2. The molecule has 4 heterocycles. The molecule has 7 heteroatoms. The van der Waals surface area contributed by atoms with Crippen LogP contribution in [0.4, 0.5) is 11.4 Å². The Balaban J connectivity index is 1.61. The summed E-state index contributed by atoms with van der Waals surface area (Å²) in [5, 5.41) is 0. The number of piperidine rings is 1. The van der Waals surface area contributed by atoms with Crippen molar-refractivity contribution in [3.8, 4) is 11.3 Å². The van der Waals surface area contributed by atoms with Crippen molar-refractivity contribution >= 4 is 17.2 Å². The largest absolute Gasteiger partial charge is 0.397 e. The molecule has 29 heavy (non-hydrogen) atoms. The van der Waals surface area contributed by atoms with E-state index in [0.717, 1.165) is 42.7 Å². The van der Waals surface area contributed by atoms with Gasteiger partial charge in [0.25, 0.3) is 0 Å². The number of rotatable bonds is 5. The number of hydrogen-bond donors (Lipinski definition) is 2. The topological polar surface area (TPSA) is 111 Å². The fourth-order valence-corrected chi connectivity index (χ4v) is 3.73. The Labute approximate surface area is 169 Å². The molecule has 4 rings (SSSR count). The van der Waals surface area contributed by atoms with Crippen LogP contribution in [-0.2, 0) is 6.42 Å². The maximum Gasteiger partial charge on any atom is 0.187 e. The van der Waals surface area contributed by atoms with E-state index in [1.54, 1.807) is 30.9 Å². The van der Waals surface area contributed by atoms with E-state index in [0.29, 0.717) is 11.4 Å². The first-order chi connectivity index (χ1) is 14.1. The van der Waals surface area contributed by atoms with Crippen LogP contribution in [0.15, 0.2) is 55.1 Å². The lowest BCUT2D eigenvalue weighted by atomic mass is 10.0. The van der Waals surface area contributed by atoms with Crippen LogP contribution in [0, 0.1) is 0 Å². The summed E-state index contributed by atoms with van der Waals surface area (Å²) in [6.07, 6.45) is 9.14. The zero-order chi connectivity index (χ0) is 20.2. The lowest BCUT2D eigenvalue weighted by Gasteiger charge is -2.33. The predicted molar refractivity (Wildman–Crippen MR) is 114 cm³/mol. The fourth-order valence-electron chi connectivity index (χ4n) is 3.73. The second kappa shape index (κ2) is 8.36. The fraction of sp³-hybridized carbons (Fsp3) is 0.273. The molecular formula is C22H24N6O. The number of hydrogen-bond acceptors (Lipinski definition) is 7. The molecule has 0 radical (unpaired) electrons. The molecule has 4 N–H and O–H groups in total. The van der Waals surface area contributed by atoms with Gasteiger partial charge in [-0.2, -0.15) is 0 Å². The number of carbonyl (C=O) groups excluding carboxylic acids is 1. The SMILES string of the molecule is Nc1ccc(-c2ccncc2)nc1C(=O)Cc1cnccc1N1CCC[C@H](N)C1. The van der Waals surface area contributed by atoms with Crippen LogP contribution in [0.3, 0.4) is 0 Å². The lowest BCUT2D eigenvalue weighted by Crippen LogP contribution is -2.43. The van der Waals surface area contributed by atoms with Gasteiger partial charge in [-0.05, 0) is 43.2 Å². The minimum absolute atomic E-state index is 0.131. The van der Waals surface area contributed by atoms with Crippen molar-refractivity contribution in [2.45, 2.75) is 25.3 Å². The third-order valence-corrected chi connectivity index (χ3v) is 5.19. The van der Waals surface area contributed by atoms with Gasteiger partial charge in [0.2, 0.25) is 0 Å². The molecule has 0 amide bonds. The van der Waals surface area contributed by atoms with Crippen LogP contribution in [0.5, 0.6) is 0 Å². The van der Waals surface area contributed by atoms with Gasteiger partial charge in [-0.25, -0.2) is 4.98 Å². The summed E-state index contributed by atoms with van der Waals surface area (Å²) in [5.74, 6) is -0.131. The number of Topliss-reactive ketones (excluding diaryl/α,β-unsaturated/α-hetero) is 1. The second-order valence-electron chi connectivity index (χ2n) is 7.32. The highest BCUT2D eigenvalue weighted by Crippen LogP contribution is 2.26. The smallest absolute Gasteiger partial charge is 0.187 e. The second-order valence-corrected chi connectivity index (χ2v) is 7.32. The normalized spacial score (nSPS) is 16.6. The molecule has 0 bridgehead atoms. The molecule has 1 aliphatic rings. The maximum absolute atomic E-state index is 13.1. The molecule has 3 aromatic rings. The summed E-state index contributed by atoms with van der Waals surface area (Å²) in [5.41, 5.74) is 16.3. The molecule has 3 aromatic heterocycles. The highest BCUT2D eigenvalue weighted by molar-refractivity contribution is 6.01. The maximum atomic E-state index is 13.1. The van der Waals surface area contributed by atoms with Crippen LogP contribution < -0.4 is 16.4 Å². The van der Waals surface area contributed by atoms with E-state index in [2.05, 4.69) is 19.9 Å². The summed E-state index contributed by atoms with van der Waals surface area (Å²) >= 11 is 0. The molecule has 1 aliphatic heterocycles. The Kier molecular flexibility index (Phi) is 5.48. The number of nitrogen functional groups attached to an aromatic ring is 1. The molecule has 0 aliphatic carbocycles. The quantitative estimate of drug-likeness (QED) is 0.646. The highest BCUT2D eigenvalue weighted by atomic mass is 16.1. The summed E-state index contributed by atoms with van der Waals surface area (Å²) in [4.78, 5) is 28.1. The van der Waals surface area contributed by atoms with E-state index in [9.17, 15) is 4.79 Å². The van der Waals surface area contributed by atoms with Gasteiger partial charge in [-0.15, -0.1) is 0 Å². The summed E-state index contributed by atoms with van der Waals surface area (Å²) in [6.45, 7) is 1.71. The molecular weight excluding hydrogens is 364 g/mol. The van der Waals surface area contributed by atoms with Gasteiger partial charge in [0.15, 0.2) is 5.78 Å². The molecule has 1 saturated heterocycles. The van der Waals surface area contributed by atoms with Gasteiger partial charge in [0.1, 0.15) is 5.69 Å². The highest BCUT2D eigenvalue weighted by Gasteiger charge is 2.21. The Hall–Kier alpha value is -3.32. The minimum Gasteiger partial charge on any atom is -0.397 e. The molecule has 0 aromatic carbocycles. The standard InChI is InChI=1S/C22H24N6O/c23-17-2-1-11-28(14-17)20-7-10-26-13-16(20)12-21(29)22-18(24)3-4-19(27-22)15-5-8-25-9-6-15/h3-10,13,17H,1-2,11-12,14,23-24H2/t17-/m0/s1. The monoisotopic (exact) mass is 388 g/mol. The molecule has 7 nitrogen and oxygen atoms in total. The van der Waals surface area contributed by atoms with Gasteiger partial charge < -0.3 is 16.4 Å². The van der Waals surface area contributed by atoms with Crippen molar-refractivity contribution in [2.75, 3.05) is 23.7 Å². The van der Waals surface area contributed by atoms with Gasteiger partial charge in [0, 0.05) is 67.2 Å². The number of anilines is 2. The number of pyridine rings is 3. The van der Waals surface area contributed by atoms with Crippen molar-refractivity contribution in [1.29, 1.82) is 0 Å². The molecule has 1 fully saturated rings. The van der Waals surface area contributed by atoms with E-state index in [1.807, 2.05) is 24.3 Å². The molecule has 0 spiro atoms. The van der Waals surface area contributed by atoms with Crippen LogP contribution in [0.25, 0.3) is 11.3 Å². The van der Waals surface area contributed by atoms with E-state index < -0.39 is 0 Å². The Morgan fingerprint density at radius 3 is 2.69 bits per heavy atom. The lowest BCUT2D eigenvalue weighted by molar-refractivity contribution is 0.0989. The van der Waals surface area contributed by atoms with Crippen LogP contribution in [0.2, 0.25) is 0 Å². The van der Waals surface area contributed by atoms with E-state index in [1.165, 1.54) is 0 Å². The summed E-state index contributed by atoms with van der Waals surface area (Å²) in [6, 6.07) is 9.34. The first-order valence-corrected chi connectivity index (χ1v) is 9.75. The van der Waals surface area contributed by atoms with Crippen molar-refractivity contribution in [1.82, 2.24) is 15.0 Å². The first kappa shape index (κ1) is 19.0. The number of nitrogens with zero attached hydrogens (tertiary/aromatic N) is 4. The first-order valence-electron chi connectivity index (χ1n) is 9.75. The van der Waals surface area contributed by atoms with E-state index >= 15 is 0 Å².